The Kier molecular flexibility index (Phi) is 8.85. The number of hydrogen-bond acceptors (Lipinski definition) is 5. The maximum absolute atomic E-state index is 13.8. The smallest absolute Gasteiger partial charge is 0.259 e. The first-order valence-electron chi connectivity index (χ1n) is 11.7. The molecule has 0 radical (unpaired) electrons. The summed E-state index contributed by atoms with van der Waals surface area (Å²) in [4.78, 5) is 28.8. The number of methoxy groups -OCH3 is 2. The summed E-state index contributed by atoms with van der Waals surface area (Å²) in [5.74, 6) is 0.450. The first-order chi connectivity index (χ1) is 16.4. The van der Waals surface area contributed by atoms with Crippen molar-refractivity contribution in [1.82, 2.24) is 9.47 Å². The Morgan fingerprint density at radius 3 is 2.26 bits per heavy atom. The van der Waals surface area contributed by atoms with Crippen LogP contribution in [-0.4, -0.2) is 49.3 Å². The monoisotopic (exact) mass is 465 g/mol. The predicted octanol–water partition coefficient (Wildman–Crippen LogP) is 3.58. The van der Waals surface area contributed by atoms with Crippen molar-refractivity contribution in [2.45, 2.75) is 32.9 Å². The van der Waals surface area contributed by atoms with E-state index in [0.717, 1.165) is 10.9 Å². The van der Waals surface area contributed by atoms with E-state index in [1.165, 1.54) is 7.11 Å². The molecule has 0 saturated carbocycles. The van der Waals surface area contributed by atoms with E-state index in [-0.39, 0.29) is 24.0 Å². The van der Waals surface area contributed by atoms with Crippen molar-refractivity contribution in [3.05, 3.63) is 76.2 Å². The zero-order valence-electron chi connectivity index (χ0n) is 20.5. The van der Waals surface area contributed by atoms with Crippen molar-refractivity contribution in [3.8, 4) is 5.75 Å². The first kappa shape index (κ1) is 25.5. The summed E-state index contributed by atoms with van der Waals surface area (Å²) < 4.78 is 12.9. The van der Waals surface area contributed by atoms with E-state index in [0.29, 0.717) is 42.9 Å². The van der Waals surface area contributed by atoms with Gasteiger partial charge in [0.05, 0.1) is 30.8 Å². The second kappa shape index (κ2) is 11.8. The molecule has 1 unspecified atom stereocenters. The Morgan fingerprint density at radius 1 is 1.03 bits per heavy atom. The summed E-state index contributed by atoms with van der Waals surface area (Å²) in [7, 11) is 3.12. The highest BCUT2D eigenvalue weighted by Gasteiger charge is 2.34. The number of rotatable bonds is 11. The Labute approximate surface area is 201 Å². The highest BCUT2D eigenvalue weighted by molar-refractivity contribution is 5.89. The second-order valence-corrected chi connectivity index (χ2v) is 8.69. The minimum Gasteiger partial charge on any atom is -0.494 e. The Hall–Kier alpha value is -3.16. The second-order valence-electron chi connectivity index (χ2n) is 8.69. The molecule has 3 rings (SSSR count). The average Bonchev–Trinajstić information content (AvgIpc) is 2.84. The summed E-state index contributed by atoms with van der Waals surface area (Å²) in [5.41, 5.74) is 7.37. The van der Waals surface area contributed by atoms with Crippen molar-refractivity contribution in [1.29, 1.82) is 0 Å². The van der Waals surface area contributed by atoms with E-state index in [2.05, 4.69) is 0 Å². The Morgan fingerprint density at radius 2 is 1.68 bits per heavy atom. The molecular formula is C27H35N3O4. The molecule has 1 atom stereocenters. The molecular weight excluding hydrogens is 430 g/mol. The van der Waals surface area contributed by atoms with Gasteiger partial charge in [0.25, 0.3) is 5.56 Å². The summed E-state index contributed by atoms with van der Waals surface area (Å²) in [5, 5.41) is 1.32. The maximum Gasteiger partial charge on any atom is 0.259 e. The fourth-order valence-electron chi connectivity index (χ4n) is 4.52. The maximum atomic E-state index is 13.8. The molecule has 7 heteroatoms. The quantitative estimate of drug-likeness (QED) is 0.468. The van der Waals surface area contributed by atoms with Crippen LogP contribution in [-0.2, 0) is 16.1 Å². The van der Waals surface area contributed by atoms with Gasteiger partial charge >= 0.3 is 0 Å². The van der Waals surface area contributed by atoms with Gasteiger partial charge in [-0.05, 0) is 30.5 Å². The van der Waals surface area contributed by atoms with Crippen LogP contribution in [0.3, 0.4) is 0 Å². The molecule has 182 valence electrons. The SMILES string of the molecule is COCC(=O)N(CCCN)C(c1c(OC)c2ccccc2c(=O)n1Cc1ccccc1)C(C)C. The van der Waals surface area contributed by atoms with Crippen LogP contribution in [0.2, 0.25) is 0 Å². The van der Waals surface area contributed by atoms with Gasteiger partial charge in [-0.15, -0.1) is 0 Å². The molecule has 3 aromatic rings. The largest absolute Gasteiger partial charge is 0.494 e. The molecule has 0 fully saturated rings. The number of fused-ring (bicyclic) bond motifs is 1. The average molecular weight is 466 g/mol. The van der Waals surface area contributed by atoms with Crippen molar-refractivity contribution in [2.75, 3.05) is 33.9 Å². The van der Waals surface area contributed by atoms with Crippen LogP contribution in [0.4, 0.5) is 0 Å². The topological polar surface area (TPSA) is 86.8 Å². The third-order valence-electron chi connectivity index (χ3n) is 6.00. The molecule has 2 N–H and O–H groups in total. The number of benzene rings is 2. The van der Waals surface area contributed by atoms with Crippen LogP contribution in [0.15, 0.2) is 59.4 Å². The lowest BCUT2D eigenvalue weighted by Gasteiger charge is -2.37. The standard InChI is InChI=1S/C27H35N3O4/c1-19(2)24(29(16-10-15-28)23(31)18-33-3)25-26(34-4)21-13-8-9-14-22(21)27(32)30(25)17-20-11-6-5-7-12-20/h5-9,11-14,19,24H,10,15-18,28H2,1-4H3. The van der Waals surface area contributed by atoms with Gasteiger partial charge in [0.1, 0.15) is 12.4 Å². The number of nitrogens with two attached hydrogens (primary N) is 1. The molecule has 1 aromatic heterocycles. The number of nitrogens with zero attached hydrogens (tertiary/aromatic N) is 2. The number of carbonyl (C=O) groups is 1. The molecule has 2 aromatic carbocycles. The van der Waals surface area contributed by atoms with Crippen molar-refractivity contribution >= 4 is 16.7 Å². The van der Waals surface area contributed by atoms with Gasteiger partial charge in [0.2, 0.25) is 5.91 Å². The number of hydrogen-bond donors (Lipinski definition) is 1. The summed E-state index contributed by atoms with van der Waals surface area (Å²) in [6.07, 6.45) is 0.636. The minimum atomic E-state index is -0.412. The molecule has 34 heavy (non-hydrogen) atoms. The van der Waals surface area contributed by atoms with Crippen molar-refractivity contribution in [2.24, 2.45) is 11.7 Å². The van der Waals surface area contributed by atoms with E-state index in [4.69, 9.17) is 15.2 Å². The van der Waals surface area contributed by atoms with E-state index in [1.807, 2.05) is 68.4 Å². The lowest BCUT2D eigenvalue weighted by Crippen LogP contribution is -2.43. The zero-order chi connectivity index (χ0) is 24.7. The van der Waals surface area contributed by atoms with Gasteiger partial charge in [-0.25, -0.2) is 0 Å². The molecule has 1 heterocycles. The van der Waals surface area contributed by atoms with Crippen LogP contribution in [0, 0.1) is 5.92 Å². The normalized spacial score (nSPS) is 12.2. The van der Waals surface area contributed by atoms with Gasteiger partial charge in [-0.3, -0.25) is 9.59 Å². The summed E-state index contributed by atoms with van der Waals surface area (Å²) >= 11 is 0. The highest BCUT2D eigenvalue weighted by Crippen LogP contribution is 2.38. The number of amides is 1. The van der Waals surface area contributed by atoms with E-state index in [1.54, 1.807) is 16.6 Å². The van der Waals surface area contributed by atoms with Gasteiger partial charge in [0.15, 0.2) is 0 Å². The molecule has 0 aliphatic carbocycles. The van der Waals surface area contributed by atoms with Crippen LogP contribution in [0.25, 0.3) is 10.8 Å². The zero-order valence-corrected chi connectivity index (χ0v) is 20.5. The third-order valence-corrected chi connectivity index (χ3v) is 6.00. The molecule has 0 bridgehead atoms. The fraction of sp³-hybridized carbons (Fsp3) is 0.407. The molecule has 0 aliphatic heterocycles. The molecule has 0 saturated heterocycles. The van der Waals surface area contributed by atoms with Crippen LogP contribution in [0.1, 0.15) is 37.6 Å². The molecule has 1 amide bonds. The first-order valence-corrected chi connectivity index (χ1v) is 11.7. The van der Waals surface area contributed by atoms with E-state index in [9.17, 15) is 9.59 Å². The van der Waals surface area contributed by atoms with Crippen LogP contribution < -0.4 is 16.0 Å². The van der Waals surface area contributed by atoms with Gasteiger partial charge in [0, 0.05) is 19.0 Å². The van der Waals surface area contributed by atoms with Crippen molar-refractivity contribution in [3.63, 3.8) is 0 Å². The Bertz CT molecular complexity index is 1160. The fourth-order valence-corrected chi connectivity index (χ4v) is 4.52. The summed E-state index contributed by atoms with van der Waals surface area (Å²) in [6.45, 7) is 5.32. The Balaban J connectivity index is 2.34. The van der Waals surface area contributed by atoms with Gasteiger partial charge in [-0.1, -0.05) is 62.4 Å². The molecule has 7 nitrogen and oxygen atoms in total. The van der Waals surface area contributed by atoms with Crippen molar-refractivity contribution < 1.29 is 14.3 Å². The highest BCUT2D eigenvalue weighted by atomic mass is 16.5. The number of aromatic nitrogens is 1. The third kappa shape index (κ3) is 5.32. The van der Waals surface area contributed by atoms with Crippen LogP contribution in [0.5, 0.6) is 5.75 Å². The van der Waals surface area contributed by atoms with Gasteiger partial charge in [-0.2, -0.15) is 0 Å². The lowest BCUT2D eigenvalue weighted by molar-refractivity contribution is -0.139. The lowest BCUT2D eigenvalue weighted by atomic mass is 9.94. The molecule has 0 aliphatic rings. The minimum absolute atomic E-state index is 0.00457. The van der Waals surface area contributed by atoms with Crippen LogP contribution >= 0.6 is 0 Å². The molecule has 0 spiro atoms. The van der Waals surface area contributed by atoms with E-state index < -0.39 is 6.04 Å². The number of carbonyl (C=O) groups excluding carboxylic acids is 1. The predicted molar refractivity (Wildman–Crippen MR) is 135 cm³/mol. The summed E-state index contributed by atoms with van der Waals surface area (Å²) in [6, 6.07) is 16.9. The number of ether oxygens (including phenoxy) is 2. The number of pyridine rings is 1. The van der Waals surface area contributed by atoms with E-state index >= 15 is 0 Å². The van der Waals surface area contributed by atoms with Gasteiger partial charge < -0.3 is 24.7 Å².